The number of halogens is 2. The van der Waals surface area contributed by atoms with E-state index in [4.69, 9.17) is 11.6 Å². The zero-order chi connectivity index (χ0) is 19.4. The summed E-state index contributed by atoms with van der Waals surface area (Å²) < 4.78 is 13.9. The van der Waals surface area contributed by atoms with E-state index in [9.17, 15) is 14.0 Å². The van der Waals surface area contributed by atoms with Crippen LogP contribution in [0.5, 0.6) is 0 Å². The van der Waals surface area contributed by atoms with Gasteiger partial charge in [0.05, 0.1) is 10.6 Å². The Morgan fingerprint density at radius 1 is 1.19 bits per heavy atom. The molecule has 0 saturated carbocycles. The molecule has 0 bridgehead atoms. The van der Waals surface area contributed by atoms with Crippen molar-refractivity contribution in [3.8, 4) is 0 Å². The van der Waals surface area contributed by atoms with Gasteiger partial charge in [-0.25, -0.2) is 4.39 Å². The highest BCUT2D eigenvalue weighted by atomic mass is 35.5. The number of nitrogens with one attached hydrogen (secondary N) is 1. The molecule has 0 unspecified atom stereocenters. The first-order chi connectivity index (χ1) is 13.0. The summed E-state index contributed by atoms with van der Waals surface area (Å²) in [6, 6.07) is 4.54. The Bertz CT molecular complexity index is 674. The summed E-state index contributed by atoms with van der Waals surface area (Å²) in [5.74, 6) is -0.890. The second kappa shape index (κ2) is 9.02. The first kappa shape index (κ1) is 20.1. The molecule has 2 saturated heterocycles. The number of hydrogen-bond donors (Lipinski definition) is 1. The van der Waals surface area contributed by atoms with Gasteiger partial charge in [0.1, 0.15) is 5.82 Å². The van der Waals surface area contributed by atoms with Gasteiger partial charge in [0, 0.05) is 38.1 Å². The first-order valence-corrected chi connectivity index (χ1v) is 10.1. The minimum Gasteiger partial charge on any atom is -0.350 e. The molecule has 2 aliphatic heterocycles. The summed E-state index contributed by atoms with van der Waals surface area (Å²) >= 11 is 5.95. The summed E-state index contributed by atoms with van der Waals surface area (Å²) in [7, 11) is 1.99. The highest BCUT2D eigenvalue weighted by Gasteiger charge is 2.33. The third-order valence-corrected chi connectivity index (χ3v) is 6.11. The van der Waals surface area contributed by atoms with Crippen LogP contribution in [0.4, 0.5) is 4.39 Å². The molecule has 5 nitrogen and oxygen atoms in total. The van der Waals surface area contributed by atoms with Gasteiger partial charge in [-0.1, -0.05) is 17.7 Å². The Kier molecular flexibility index (Phi) is 6.71. The zero-order valence-electron chi connectivity index (χ0n) is 15.7. The van der Waals surface area contributed by atoms with Crippen molar-refractivity contribution >= 4 is 23.4 Å². The van der Waals surface area contributed by atoms with Gasteiger partial charge in [0.15, 0.2) is 0 Å². The van der Waals surface area contributed by atoms with Crippen molar-refractivity contribution in [3.63, 3.8) is 0 Å². The fraction of sp³-hybridized carbons (Fsp3) is 0.600. The molecule has 2 fully saturated rings. The summed E-state index contributed by atoms with van der Waals surface area (Å²) in [6.07, 6.45) is 5.76. The molecule has 7 heteroatoms. The third kappa shape index (κ3) is 4.79. The van der Waals surface area contributed by atoms with E-state index in [2.05, 4.69) is 10.2 Å². The van der Waals surface area contributed by atoms with Gasteiger partial charge in [-0.05, 0) is 51.3 Å². The van der Waals surface area contributed by atoms with Crippen LogP contribution in [0.1, 0.15) is 48.9 Å². The molecule has 2 amide bonds. The van der Waals surface area contributed by atoms with Crippen molar-refractivity contribution in [1.82, 2.24) is 15.1 Å². The van der Waals surface area contributed by atoms with Crippen LogP contribution in [-0.2, 0) is 4.79 Å². The molecule has 1 N–H and O–H groups in total. The van der Waals surface area contributed by atoms with Gasteiger partial charge >= 0.3 is 0 Å². The van der Waals surface area contributed by atoms with Crippen molar-refractivity contribution in [2.45, 2.75) is 50.6 Å². The van der Waals surface area contributed by atoms with Gasteiger partial charge in [-0.15, -0.1) is 0 Å². The molecule has 2 heterocycles. The second-order valence-electron chi connectivity index (χ2n) is 7.50. The maximum absolute atomic E-state index is 13.9. The number of amides is 2. The first-order valence-electron chi connectivity index (χ1n) is 9.69. The van der Waals surface area contributed by atoms with Crippen LogP contribution in [0, 0.1) is 5.82 Å². The Morgan fingerprint density at radius 2 is 1.89 bits per heavy atom. The summed E-state index contributed by atoms with van der Waals surface area (Å²) in [5.41, 5.74) is -0.114. The molecule has 1 aromatic carbocycles. The van der Waals surface area contributed by atoms with E-state index in [1.807, 2.05) is 11.9 Å². The van der Waals surface area contributed by atoms with Crippen LogP contribution >= 0.6 is 11.6 Å². The molecule has 3 rings (SSSR count). The highest BCUT2D eigenvalue weighted by molar-refractivity contribution is 6.33. The van der Waals surface area contributed by atoms with Gasteiger partial charge in [0.25, 0.3) is 5.91 Å². The van der Waals surface area contributed by atoms with E-state index in [1.165, 1.54) is 24.6 Å². The molecule has 0 spiro atoms. The number of nitrogens with zero attached hydrogens (tertiary/aromatic N) is 2. The van der Waals surface area contributed by atoms with Crippen LogP contribution in [0.25, 0.3) is 0 Å². The van der Waals surface area contributed by atoms with Crippen molar-refractivity contribution in [2.75, 3.05) is 26.7 Å². The van der Waals surface area contributed by atoms with Crippen molar-refractivity contribution < 1.29 is 14.0 Å². The maximum atomic E-state index is 13.9. The van der Waals surface area contributed by atoms with Crippen molar-refractivity contribution in [2.24, 2.45) is 0 Å². The van der Waals surface area contributed by atoms with E-state index in [0.29, 0.717) is 13.0 Å². The lowest BCUT2D eigenvalue weighted by molar-refractivity contribution is -0.133. The molecular formula is C20H27ClFN3O2. The van der Waals surface area contributed by atoms with Crippen molar-refractivity contribution in [1.29, 1.82) is 0 Å². The van der Waals surface area contributed by atoms with E-state index in [0.717, 1.165) is 38.8 Å². The number of hydrogen-bond acceptors (Lipinski definition) is 3. The van der Waals surface area contributed by atoms with Gasteiger partial charge in [-0.2, -0.15) is 0 Å². The third-order valence-electron chi connectivity index (χ3n) is 5.79. The van der Waals surface area contributed by atoms with Crippen LogP contribution in [0.15, 0.2) is 18.2 Å². The smallest absolute Gasteiger partial charge is 0.255 e. The molecule has 2 aliphatic rings. The SMILES string of the molecule is CN1[C@@H](CC(=O)N2CCCCC2)CC[C@H]1CNC(=O)c1c(F)cccc1Cl. The monoisotopic (exact) mass is 395 g/mol. The van der Waals surface area contributed by atoms with E-state index in [-0.39, 0.29) is 28.6 Å². The fourth-order valence-electron chi connectivity index (χ4n) is 4.07. The average Bonchev–Trinajstić information content (AvgIpc) is 3.00. The standard InChI is InChI=1S/C20H27ClFN3O2/c1-24-14(12-18(26)25-10-3-2-4-11-25)8-9-15(24)13-23-20(27)19-16(21)6-5-7-17(19)22/h5-7,14-15H,2-4,8-13H2,1H3,(H,23,27)/t14-,15+/m1/s1. The lowest BCUT2D eigenvalue weighted by atomic mass is 10.1. The van der Waals surface area contributed by atoms with Crippen LogP contribution in [0.2, 0.25) is 5.02 Å². The second-order valence-corrected chi connectivity index (χ2v) is 7.91. The Balaban J connectivity index is 1.50. The molecule has 0 radical (unpaired) electrons. The number of carbonyl (C=O) groups is 2. The van der Waals surface area contributed by atoms with Crippen LogP contribution < -0.4 is 5.32 Å². The van der Waals surface area contributed by atoms with Crippen molar-refractivity contribution in [3.05, 3.63) is 34.6 Å². The van der Waals surface area contributed by atoms with Crippen LogP contribution in [0.3, 0.4) is 0 Å². The summed E-state index contributed by atoms with van der Waals surface area (Å²) in [4.78, 5) is 29.0. The molecule has 1 aromatic rings. The Morgan fingerprint density at radius 3 is 2.59 bits per heavy atom. The molecule has 0 aliphatic carbocycles. The van der Waals surface area contributed by atoms with E-state index in [1.54, 1.807) is 0 Å². The summed E-state index contributed by atoms with van der Waals surface area (Å²) in [6.45, 7) is 2.16. The predicted molar refractivity (Wildman–Crippen MR) is 103 cm³/mol. The molecule has 148 valence electrons. The number of benzene rings is 1. The lowest BCUT2D eigenvalue weighted by Crippen LogP contribution is -2.43. The fourth-order valence-corrected chi connectivity index (χ4v) is 4.32. The number of likely N-dealkylation sites (N-methyl/N-ethyl adjacent to an activating group) is 1. The predicted octanol–water partition coefficient (Wildman–Crippen LogP) is 3.07. The number of carbonyl (C=O) groups excluding carboxylic acids is 2. The maximum Gasteiger partial charge on any atom is 0.255 e. The molecular weight excluding hydrogens is 369 g/mol. The molecule has 27 heavy (non-hydrogen) atoms. The number of piperidine rings is 1. The lowest BCUT2D eigenvalue weighted by Gasteiger charge is -2.30. The average molecular weight is 396 g/mol. The summed E-state index contributed by atoms with van der Waals surface area (Å²) in [5, 5.41) is 2.90. The Hall–Kier alpha value is -1.66. The molecule has 0 aromatic heterocycles. The number of likely N-dealkylation sites (tertiary alicyclic amines) is 2. The molecule has 2 atom stereocenters. The van der Waals surface area contributed by atoms with Gasteiger partial charge in [-0.3, -0.25) is 14.5 Å². The quantitative estimate of drug-likeness (QED) is 0.833. The highest BCUT2D eigenvalue weighted by Crippen LogP contribution is 2.26. The van der Waals surface area contributed by atoms with E-state index >= 15 is 0 Å². The van der Waals surface area contributed by atoms with Crippen LogP contribution in [-0.4, -0.2) is 60.4 Å². The van der Waals surface area contributed by atoms with E-state index < -0.39 is 11.7 Å². The topological polar surface area (TPSA) is 52.7 Å². The van der Waals surface area contributed by atoms with Gasteiger partial charge in [0.2, 0.25) is 5.91 Å². The number of rotatable bonds is 5. The Labute approximate surface area is 164 Å². The minimum absolute atomic E-state index is 0.109. The minimum atomic E-state index is -0.621. The zero-order valence-corrected chi connectivity index (χ0v) is 16.5. The largest absolute Gasteiger partial charge is 0.350 e. The normalized spacial score (nSPS) is 23.4. The van der Waals surface area contributed by atoms with Gasteiger partial charge < -0.3 is 10.2 Å².